The molecular formula is C18H29N3O16P2S. The summed E-state index contributed by atoms with van der Waals surface area (Å²) in [6.45, 7) is -0.591. The molecule has 40 heavy (non-hydrogen) atoms. The number of ether oxygens (including phenoxy) is 2. The van der Waals surface area contributed by atoms with Crippen LogP contribution in [0.25, 0.3) is 0 Å². The van der Waals surface area contributed by atoms with Gasteiger partial charge in [0.05, 0.1) is 24.7 Å². The van der Waals surface area contributed by atoms with Crippen LogP contribution in [-0.4, -0.2) is 118 Å². The Morgan fingerprint density at radius 3 is 2.35 bits per heavy atom. The van der Waals surface area contributed by atoms with Crippen molar-refractivity contribution in [1.82, 2.24) is 14.9 Å². The molecule has 0 bridgehead atoms. The second kappa shape index (κ2) is 13.2. The summed E-state index contributed by atoms with van der Waals surface area (Å²) in [4.78, 5) is 56.7. The van der Waals surface area contributed by atoms with E-state index in [0.717, 1.165) is 23.8 Å². The standard InChI is InChI=1S/C18H29N3O16P2S/c1-7(23)19-11-14(27)12(25)8(4-22)36-17(11)40-6-38(30,31)37-39(32,33)34-5-9-13(26)15(28)16(35-9)21-3-2-10(24)20-18(21)29/h2-3,8-9,11-17,22,25-28H,4-6H2,1H3,(H,19,23)(H,30,31)(H,32,33)(H,20,24,29)/t8-,9-,11-,12-,13-,14-,15-,16-,17+/m1/s1. The van der Waals surface area contributed by atoms with Gasteiger partial charge in [0.15, 0.2) is 6.23 Å². The first-order chi connectivity index (χ1) is 18.5. The van der Waals surface area contributed by atoms with Crippen molar-refractivity contribution in [2.24, 2.45) is 0 Å². The normalized spacial score (nSPS) is 35.5. The van der Waals surface area contributed by atoms with Crippen LogP contribution in [0.15, 0.2) is 21.9 Å². The lowest BCUT2D eigenvalue weighted by Gasteiger charge is -2.42. The number of H-pyrrole nitrogens is 1. The van der Waals surface area contributed by atoms with E-state index in [9.17, 15) is 58.8 Å². The fourth-order valence-electron chi connectivity index (χ4n) is 3.88. The van der Waals surface area contributed by atoms with Gasteiger partial charge in [-0.15, -0.1) is 11.8 Å². The number of aromatic nitrogens is 2. The minimum Gasteiger partial charge on any atom is -0.394 e. The van der Waals surface area contributed by atoms with Crippen molar-refractivity contribution in [2.75, 3.05) is 18.7 Å². The number of amides is 1. The number of aromatic amines is 1. The molecule has 2 aliphatic heterocycles. The van der Waals surface area contributed by atoms with Crippen LogP contribution in [0.1, 0.15) is 13.2 Å². The van der Waals surface area contributed by atoms with Crippen LogP contribution >= 0.6 is 27.2 Å². The van der Waals surface area contributed by atoms with Gasteiger partial charge in [-0.1, -0.05) is 0 Å². The molecule has 2 fully saturated rings. The summed E-state index contributed by atoms with van der Waals surface area (Å²) in [5.41, 5.74) is -3.96. The number of carbonyl (C=O) groups is 1. The second-order valence-corrected chi connectivity index (χ2v) is 13.7. The average Bonchev–Trinajstić information content (AvgIpc) is 3.13. The summed E-state index contributed by atoms with van der Waals surface area (Å²) < 4.78 is 45.3. The van der Waals surface area contributed by atoms with E-state index in [4.69, 9.17) is 9.47 Å². The quantitative estimate of drug-likeness (QED) is 0.105. The third kappa shape index (κ3) is 8.08. The molecule has 2 aliphatic rings. The molecular weight excluding hydrogens is 608 g/mol. The molecule has 1 amide bonds. The molecule has 228 valence electrons. The molecule has 1 aromatic heterocycles. The van der Waals surface area contributed by atoms with Gasteiger partial charge in [-0.3, -0.25) is 28.2 Å². The maximum absolute atomic E-state index is 12.5. The van der Waals surface area contributed by atoms with Crippen LogP contribution < -0.4 is 16.6 Å². The molecule has 0 spiro atoms. The van der Waals surface area contributed by atoms with Crippen LogP contribution in [-0.2, 0) is 32.2 Å². The van der Waals surface area contributed by atoms with Crippen molar-refractivity contribution in [3.8, 4) is 0 Å². The Balaban J connectivity index is 1.60. The number of nitrogens with zero attached hydrogens (tertiary/aromatic N) is 1. The summed E-state index contributed by atoms with van der Waals surface area (Å²) in [5, 5.41) is 52.4. The van der Waals surface area contributed by atoms with Gasteiger partial charge in [-0.25, -0.2) is 13.7 Å². The number of aliphatic hydroxyl groups is 5. The van der Waals surface area contributed by atoms with Crippen LogP contribution in [0.5, 0.6) is 0 Å². The van der Waals surface area contributed by atoms with Crippen molar-refractivity contribution < 1.29 is 67.6 Å². The number of hydrogen-bond donors (Lipinski definition) is 9. The number of hydrogen-bond acceptors (Lipinski definition) is 15. The summed E-state index contributed by atoms with van der Waals surface area (Å²) in [5.74, 6) is -0.640. The van der Waals surface area contributed by atoms with Crippen LogP contribution in [0.2, 0.25) is 0 Å². The molecule has 3 rings (SSSR count). The third-order valence-corrected chi connectivity index (χ3v) is 10.7. The van der Waals surface area contributed by atoms with Crippen molar-refractivity contribution in [1.29, 1.82) is 0 Å². The van der Waals surface area contributed by atoms with Gasteiger partial charge < -0.3 is 50.1 Å². The molecule has 0 aromatic carbocycles. The SMILES string of the molecule is CC(=O)N[C@@H]1[C@@H](O)[C@H](O)[C@@H](CO)O[C@H]1SCP(=O)(O)OP(=O)(O)OC[C@H]1O[C@@H](n2ccc(=O)[nH]c2=O)[C@H](O)[C@@H]1O. The molecule has 22 heteroatoms. The van der Waals surface area contributed by atoms with E-state index < -0.39 is 106 Å². The first kappa shape index (κ1) is 33.0. The number of nitrogens with one attached hydrogen (secondary N) is 2. The Labute approximate surface area is 228 Å². The fourth-order valence-corrected chi connectivity index (χ4v) is 8.31. The molecule has 3 heterocycles. The minimum absolute atomic E-state index is 0.464. The molecule has 0 radical (unpaired) electrons. The molecule has 2 saturated heterocycles. The highest BCUT2D eigenvalue weighted by Crippen LogP contribution is 2.61. The highest BCUT2D eigenvalue weighted by Gasteiger charge is 2.47. The predicted molar refractivity (Wildman–Crippen MR) is 132 cm³/mol. The van der Waals surface area contributed by atoms with E-state index in [0.29, 0.717) is 11.8 Å². The Kier molecular flexibility index (Phi) is 10.9. The molecule has 2 unspecified atom stereocenters. The van der Waals surface area contributed by atoms with E-state index in [1.807, 2.05) is 4.98 Å². The average molecular weight is 637 g/mol. The van der Waals surface area contributed by atoms with Crippen molar-refractivity contribution in [3.05, 3.63) is 33.1 Å². The summed E-state index contributed by atoms with van der Waals surface area (Å²) in [6.07, 6.45) is -10.1. The predicted octanol–water partition coefficient (Wildman–Crippen LogP) is -3.89. The number of rotatable bonds is 11. The lowest BCUT2D eigenvalue weighted by Crippen LogP contribution is -2.63. The zero-order valence-corrected chi connectivity index (χ0v) is 23.1. The second-order valence-electron chi connectivity index (χ2n) is 8.78. The fraction of sp³-hybridized carbons (Fsp3) is 0.722. The molecule has 9 N–H and O–H groups in total. The number of aliphatic hydroxyl groups excluding tert-OH is 5. The lowest BCUT2D eigenvalue weighted by atomic mass is 9.98. The highest BCUT2D eigenvalue weighted by atomic mass is 32.2. The van der Waals surface area contributed by atoms with Gasteiger partial charge in [-0.2, -0.15) is 0 Å². The van der Waals surface area contributed by atoms with Crippen molar-refractivity contribution in [3.63, 3.8) is 0 Å². The number of thioether (sulfide) groups is 1. The molecule has 11 atom stereocenters. The topological polar surface area (TPSA) is 297 Å². The zero-order chi connectivity index (χ0) is 30.0. The lowest BCUT2D eigenvalue weighted by molar-refractivity contribution is -0.173. The van der Waals surface area contributed by atoms with Gasteiger partial charge in [-0.05, 0) is 0 Å². The maximum atomic E-state index is 12.5. The van der Waals surface area contributed by atoms with E-state index in [2.05, 4.69) is 14.2 Å². The summed E-state index contributed by atoms with van der Waals surface area (Å²) in [6, 6.07) is -0.350. The molecule has 19 nitrogen and oxygen atoms in total. The van der Waals surface area contributed by atoms with Gasteiger partial charge >= 0.3 is 21.1 Å². The van der Waals surface area contributed by atoms with Crippen molar-refractivity contribution in [2.45, 2.75) is 61.3 Å². The minimum atomic E-state index is -5.32. The Hall–Kier alpha value is -1.48. The van der Waals surface area contributed by atoms with E-state index >= 15 is 0 Å². The number of phosphoric ester groups is 1. The summed E-state index contributed by atoms with van der Waals surface area (Å²) >= 11 is 0.464. The highest BCUT2D eigenvalue weighted by molar-refractivity contribution is 8.05. The monoisotopic (exact) mass is 637 g/mol. The van der Waals surface area contributed by atoms with E-state index in [1.54, 1.807) is 0 Å². The maximum Gasteiger partial charge on any atom is 0.479 e. The first-order valence-corrected chi connectivity index (χ1v) is 15.7. The third-order valence-electron chi connectivity index (χ3n) is 5.75. The van der Waals surface area contributed by atoms with Gasteiger partial charge in [0, 0.05) is 19.2 Å². The van der Waals surface area contributed by atoms with Gasteiger partial charge in [0.2, 0.25) is 5.91 Å². The molecule has 0 aliphatic carbocycles. The van der Waals surface area contributed by atoms with Gasteiger partial charge in [0.25, 0.3) is 5.56 Å². The van der Waals surface area contributed by atoms with Gasteiger partial charge in [0.1, 0.15) is 42.1 Å². The smallest absolute Gasteiger partial charge is 0.394 e. The molecule has 0 saturated carbocycles. The summed E-state index contributed by atoms with van der Waals surface area (Å²) in [7, 11) is -10.3. The van der Waals surface area contributed by atoms with Crippen LogP contribution in [0.3, 0.4) is 0 Å². The Morgan fingerprint density at radius 2 is 1.75 bits per heavy atom. The Bertz CT molecular complexity index is 1260. The van der Waals surface area contributed by atoms with Crippen LogP contribution in [0, 0.1) is 0 Å². The van der Waals surface area contributed by atoms with E-state index in [-0.39, 0.29) is 0 Å². The van der Waals surface area contributed by atoms with Crippen LogP contribution in [0.4, 0.5) is 0 Å². The zero-order valence-electron chi connectivity index (χ0n) is 20.5. The Morgan fingerprint density at radius 1 is 1.10 bits per heavy atom. The van der Waals surface area contributed by atoms with Crippen molar-refractivity contribution >= 4 is 33.1 Å². The number of phosphoric acid groups is 1. The number of carbonyl (C=O) groups excluding carboxylic acids is 1. The first-order valence-electron chi connectivity index (χ1n) is 11.4. The largest absolute Gasteiger partial charge is 0.479 e. The van der Waals surface area contributed by atoms with E-state index in [1.165, 1.54) is 0 Å². The molecule has 1 aromatic rings.